The Labute approximate surface area is 295 Å². The summed E-state index contributed by atoms with van der Waals surface area (Å²) in [4.78, 5) is 9.20. The molecule has 0 aliphatic carbocycles. The summed E-state index contributed by atoms with van der Waals surface area (Å²) in [5, 5.41) is 2.23. The number of fused-ring (bicyclic) bond motifs is 3. The molecule has 0 fully saturated rings. The fraction of sp³-hybridized carbons (Fsp3) is 0.190. The fourth-order valence-corrected chi connectivity index (χ4v) is 8.12. The van der Waals surface area contributed by atoms with Gasteiger partial charge in [-0.25, -0.2) is 0 Å². The molecule has 3 heterocycles. The van der Waals surface area contributed by atoms with Crippen LogP contribution in [0.2, 0.25) is 17.3 Å². The standard InChI is InChI=1S/C28H24NO.C14H16GeN.Ir/c1-3-19(4-2)21-16-17-29-26(18-21)25-15-9-14-24-23-13-8-12-22(27(23)30-28(24)25)20-10-6-5-7-11-20;1-15(2,3)13-9-10-14(16-11-13)12-7-5-4-6-8-12;/h5-14,16-19H,3-4H2,1-2H3;4-7,9-11H,1-3H3;/q2*-1;. The molecule has 7 rings (SSSR count). The van der Waals surface area contributed by atoms with Crippen LogP contribution in [-0.4, -0.2) is 23.2 Å². The molecule has 3 aromatic heterocycles. The number of furan rings is 1. The molecule has 5 heteroatoms. The van der Waals surface area contributed by atoms with Crippen molar-refractivity contribution in [2.45, 2.75) is 49.9 Å². The maximum absolute atomic E-state index is 6.51. The Morgan fingerprint density at radius 3 is 2.15 bits per heavy atom. The number of hydrogen-bond donors (Lipinski definition) is 0. The van der Waals surface area contributed by atoms with Gasteiger partial charge in [-0.05, 0) is 36.1 Å². The van der Waals surface area contributed by atoms with E-state index < -0.39 is 13.3 Å². The first-order valence-electron chi connectivity index (χ1n) is 16.2. The number of pyridine rings is 2. The zero-order valence-corrected chi connectivity index (χ0v) is 32.2. The van der Waals surface area contributed by atoms with Crippen molar-refractivity contribution in [2.24, 2.45) is 0 Å². The second kappa shape index (κ2) is 15.4. The molecule has 47 heavy (non-hydrogen) atoms. The van der Waals surface area contributed by atoms with Crippen LogP contribution < -0.4 is 4.40 Å². The molecule has 0 aliphatic rings. The minimum Gasteiger partial charge on any atom is 0 e. The minimum absolute atomic E-state index is 0. The van der Waals surface area contributed by atoms with Crippen molar-refractivity contribution in [3.63, 3.8) is 0 Å². The van der Waals surface area contributed by atoms with Crippen LogP contribution in [0.3, 0.4) is 0 Å². The molecule has 0 saturated carbocycles. The van der Waals surface area contributed by atoms with Gasteiger partial charge in [-0.15, -0.1) is 18.2 Å². The van der Waals surface area contributed by atoms with E-state index in [1.54, 1.807) is 0 Å². The van der Waals surface area contributed by atoms with E-state index in [9.17, 15) is 0 Å². The first kappa shape index (κ1) is 34.5. The van der Waals surface area contributed by atoms with E-state index in [-0.39, 0.29) is 20.1 Å². The van der Waals surface area contributed by atoms with Crippen molar-refractivity contribution in [1.29, 1.82) is 0 Å². The molecule has 4 aromatic carbocycles. The second-order valence-electron chi connectivity index (χ2n) is 12.7. The molecule has 0 bridgehead atoms. The van der Waals surface area contributed by atoms with Crippen LogP contribution in [0.4, 0.5) is 0 Å². The van der Waals surface area contributed by atoms with Crippen LogP contribution in [0.5, 0.6) is 0 Å². The predicted octanol–water partition coefficient (Wildman–Crippen LogP) is 11.1. The van der Waals surface area contributed by atoms with Crippen LogP contribution in [0, 0.1) is 12.1 Å². The van der Waals surface area contributed by atoms with Crippen molar-refractivity contribution in [2.75, 3.05) is 0 Å². The van der Waals surface area contributed by atoms with Crippen LogP contribution in [0.25, 0.3) is 55.6 Å². The van der Waals surface area contributed by atoms with Gasteiger partial charge in [-0.2, -0.15) is 0 Å². The average Bonchev–Trinajstić information content (AvgIpc) is 3.49. The number of nitrogens with zero attached hydrogens (tertiary/aromatic N) is 2. The van der Waals surface area contributed by atoms with Gasteiger partial charge in [0.25, 0.3) is 0 Å². The molecular formula is C42H40GeIrN2O-2. The Balaban J connectivity index is 0.000000217. The number of aromatic nitrogens is 2. The van der Waals surface area contributed by atoms with Gasteiger partial charge in [-0.3, -0.25) is 0 Å². The third kappa shape index (κ3) is 7.67. The van der Waals surface area contributed by atoms with Gasteiger partial charge in [0.2, 0.25) is 0 Å². The van der Waals surface area contributed by atoms with E-state index in [1.807, 2.05) is 48.8 Å². The molecule has 0 unspecified atom stereocenters. The van der Waals surface area contributed by atoms with Crippen molar-refractivity contribution in [3.8, 4) is 33.6 Å². The third-order valence-corrected chi connectivity index (χ3v) is 12.9. The summed E-state index contributed by atoms with van der Waals surface area (Å²) in [5.74, 6) is 7.69. The summed E-state index contributed by atoms with van der Waals surface area (Å²) in [6, 6.07) is 44.0. The first-order chi connectivity index (χ1) is 22.4. The Kier molecular flexibility index (Phi) is 11.3. The molecule has 0 amide bonds. The summed E-state index contributed by atoms with van der Waals surface area (Å²) in [7, 11) is 0. The Bertz CT molecular complexity index is 2050. The summed E-state index contributed by atoms with van der Waals surface area (Å²) in [6.45, 7) is 4.48. The number of rotatable bonds is 7. The van der Waals surface area contributed by atoms with Crippen LogP contribution in [-0.2, 0) is 20.1 Å². The summed E-state index contributed by atoms with van der Waals surface area (Å²) in [6.07, 6.45) is 6.20. The monoisotopic (exact) mass is 855 g/mol. The van der Waals surface area contributed by atoms with Crippen LogP contribution >= 0.6 is 0 Å². The smallest absolute Gasteiger partial charge is 0 e. The Morgan fingerprint density at radius 1 is 0.702 bits per heavy atom. The fourth-order valence-electron chi connectivity index (χ4n) is 5.95. The van der Waals surface area contributed by atoms with Crippen LogP contribution in [0.15, 0.2) is 126 Å². The minimum atomic E-state index is -1.72. The zero-order valence-electron chi connectivity index (χ0n) is 27.7. The van der Waals surface area contributed by atoms with Gasteiger partial charge in [0.15, 0.2) is 0 Å². The molecule has 3 nitrogen and oxygen atoms in total. The van der Waals surface area contributed by atoms with E-state index in [0.29, 0.717) is 5.92 Å². The molecular weight excluding hydrogens is 813 g/mol. The summed E-state index contributed by atoms with van der Waals surface area (Å²) < 4.78 is 7.95. The topological polar surface area (TPSA) is 38.9 Å². The second-order valence-corrected chi connectivity index (χ2v) is 23.3. The van der Waals surface area contributed by atoms with Crippen LogP contribution in [0.1, 0.15) is 38.2 Å². The maximum Gasteiger partial charge on any atom is 0 e. The third-order valence-electron chi connectivity index (χ3n) is 8.66. The molecule has 0 aliphatic heterocycles. The van der Waals surface area contributed by atoms with Gasteiger partial charge >= 0.3 is 99.8 Å². The average molecular weight is 854 g/mol. The van der Waals surface area contributed by atoms with Crippen molar-refractivity contribution >= 4 is 39.6 Å². The maximum atomic E-state index is 6.51. The van der Waals surface area contributed by atoms with E-state index in [2.05, 4.69) is 126 Å². The SMILES string of the molecule is CCC(CC)c1ccnc(-c2[c-]ccc3c2oc2c(-c4ccccc4)cccc23)c1.[CH3][Ge]([CH3])([CH3])[c]1ccc(-c2[c-]cccc2)nc1.[Ir]. The molecule has 0 saturated heterocycles. The molecule has 0 atom stereocenters. The van der Waals surface area contributed by atoms with Gasteiger partial charge in [0.1, 0.15) is 5.58 Å². The van der Waals surface area contributed by atoms with E-state index >= 15 is 0 Å². The number of benzene rings is 4. The normalized spacial score (nSPS) is 11.3. The van der Waals surface area contributed by atoms with Crippen molar-refractivity contribution in [3.05, 3.63) is 139 Å². The van der Waals surface area contributed by atoms with Crippen molar-refractivity contribution < 1.29 is 24.5 Å². The molecule has 0 spiro atoms. The van der Waals surface area contributed by atoms with Gasteiger partial charge < -0.3 is 9.40 Å². The Hall–Kier alpha value is -3.83. The molecule has 239 valence electrons. The van der Waals surface area contributed by atoms with Gasteiger partial charge in [0, 0.05) is 37.3 Å². The predicted molar refractivity (Wildman–Crippen MR) is 196 cm³/mol. The van der Waals surface area contributed by atoms with E-state index in [4.69, 9.17) is 4.42 Å². The van der Waals surface area contributed by atoms with Crippen molar-refractivity contribution in [1.82, 2.24) is 9.97 Å². The Morgan fingerprint density at radius 2 is 1.47 bits per heavy atom. The van der Waals surface area contributed by atoms with E-state index in [1.165, 1.54) is 9.96 Å². The number of hydrogen-bond acceptors (Lipinski definition) is 3. The largest absolute Gasteiger partial charge is 0 e. The molecule has 1 radical (unpaired) electrons. The molecule has 7 aromatic rings. The number of para-hydroxylation sites is 1. The quantitative estimate of drug-likeness (QED) is 0.118. The van der Waals surface area contributed by atoms with E-state index in [0.717, 1.165) is 68.4 Å². The summed E-state index contributed by atoms with van der Waals surface area (Å²) >= 11 is -1.72. The zero-order chi connectivity index (χ0) is 32.1. The molecule has 0 N–H and O–H groups in total. The van der Waals surface area contributed by atoms with Gasteiger partial charge in [-0.1, -0.05) is 85.0 Å². The van der Waals surface area contributed by atoms with Gasteiger partial charge in [0.05, 0.1) is 5.58 Å². The summed E-state index contributed by atoms with van der Waals surface area (Å²) in [5.41, 5.74) is 9.28. The first-order valence-corrected chi connectivity index (χ1v) is 23.5.